The SMILES string of the molecule is O=C(O)Cc1csc2nc(-c3cccc(Br)c3)cn12. The third-order valence-electron chi connectivity index (χ3n) is 2.74. The van der Waals surface area contributed by atoms with Gasteiger partial charge in [-0.2, -0.15) is 0 Å². The number of rotatable bonds is 3. The van der Waals surface area contributed by atoms with Crippen LogP contribution in [0.4, 0.5) is 0 Å². The van der Waals surface area contributed by atoms with Crippen LogP contribution in [-0.2, 0) is 11.2 Å². The van der Waals surface area contributed by atoms with Gasteiger partial charge in [0.1, 0.15) is 0 Å². The molecule has 0 saturated carbocycles. The predicted molar refractivity (Wildman–Crippen MR) is 77.5 cm³/mol. The summed E-state index contributed by atoms with van der Waals surface area (Å²) in [6, 6.07) is 7.88. The third-order valence-corrected chi connectivity index (χ3v) is 4.12. The predicted octanol–water partition coefficient (Wildman–Crippen LogP) is 3.45. The first-order chi connectivity index (χ1) is 9.13. The number of aliphatic carboxylic acids is 1. The molecule has 2 aromatic heterocycles. The summed E-state index contributed by atoms with van der Waals surface area (Å²) in [5.74, 6) is -0.836. The molecule has 0 spiro atoms. The topological polar surface area (TPSA) is 54.6 Å². The molecule has 2 heterocycles. The molecule has 0 aliphatic heterocycles. The first-order valence-corrected chi connectivity index (χ1v) is 7.24. The number of fused-ring (bicyclic) bond motifs is 1. The number of benzene rings is 1. The summed E-state index contributed by atoms with van der Waals surface area (Å²) < 4.78 is 2.83. The molecule has 0 fully saturated rings. The molecule has 1 N–H and O–H groups in total. The van der Waals surface area contributed by atoms with Crippen molar-refractivity contribution in [2.75, 3.05) is 0 Å². The summed E-state index contributed by atoms with van der Waals surface area (Å²) in [5, 5.41) is 10.7. The Labute approximate surface area is 121 Å². The highest BCUT2D eigenvalue weighted by Crippen LogP contribution is 2.25. The molecule has 0 saturated heterocycles. The summed E-state index contributed by atoms with van der Waals surface area (Å²) >= 11 is 4.88. The minimum atomic E-state index is -0.836. The monoisotopic (exact) mass is 336 g/mol. The van der Waals surface area contributed by atoms with Gasteiger partial charge in [-0.15, -0.1) is 11.3 Å². The fourth-order valence-corrected chi connectivity index (χ4v) is 3.17. The van der Waals surface area contributed by atoms with E-state index in [1.54, 1.807) is 0 Å². The maximum absolute atomic E-state index is 10.8. The van der Waals surface area contributed by atoms with E-state index in [1.807, 2.05) is 40.2 Å². The van der Waals surface area contributed by atoms with E-state index in [1.165, 1.54) is 11.3 Å². The summed E-state index contributed by atoms with van der Waals surface area (Å²) in [6.07, 6.45) is 1.89. The van der Waals surface area contributed by atoms with Crippen molar-refractivity contribution in [3.63, 3.8) is 0 Å². The largest absolute Gasteiger partial charge is 0.481 e. The molecule has 0 bridgehead atoms. The number of carboxylic acid groups (broad SMARTS) is 1. The lowest BCUT2D eigenvalue weighted by molar-refractivity contribution is -0.136. The van der Waals surface area contributed by atoms with Gasteiger partial charge in [0.25, 0.3) is 0 Å². The molecule has 3 aromatic rings. The first kappa shape index (κ1) is 12.4. The quantitative estimate of drug-likeness (QED) is 0.796. The van der Waals surface area contributed by atoms with Crippen molar-refractivity contribution < 1.29 is 9.90 Å². The van der Waals surface area contributed by atoms with Crippen LogP contribution in [0.1, 0.15) is 5.69 Å². The Balaban J connectivity index is 2.07. The Morgan fingerprint density at radius 3 is 3.05 bits per heavy atom. The summed E-state index contributed by atoms with van der Waals surface area (Å²) in [5.41, 5.74) is 2.60. The van der Waals surface area contributed by atoms with Crippen LogP contribution in [0.5, 0.6) is 0 Å². The second-order valence-corrected chi connectivity index (χ2v) is 5.84. The van der Waals surface area contributed by atoms with E-state index in [9.17, 15) is 4.79 Å². The van der Waals surface area contributed by atoms with E-state index in [0.29, 0.717) is 0 Å². The highest BCUT2D eigenvalue weighted by Gasteiger charge is 2.11. The maximum atomic E-state index is 10.8. The van der Waals surface area contributed by atoms with Gasteiger partial charge >= 0.3 is 5.97 Å². The van der Waals surface area contributed by atoms with Gasteiger partial charge in [-0.3, -0.25) is 9.20 Å². The van der Waals surface area contributed by atoms with Gasteiger partial charge in [0, 0.05) is 27.3 Å². The Morgan fingerprint density at radius 2 is 2.32 bits per heavy atom. The van der Waals surface area contributed by atoms with Gasteiger partial charge in [0.15, 0.2) is 4.96 Å². The lowest BCUT2D eigenvalue weighted by atomic mass is 10.2. The average Bonchev–Trinajstić information content (AvgIpc) is 2.91. The molecule has 4 nitrogen and oxygen atoms in total. The van der Waals surface area contributed by atoms with Crippen LogP contribution in [0.25, 0.3) is 16.2 Å². The molecule has 0 amide bonds. The zero-order valence-electron chi connectivity index (χ0n) is 9.71. The van der Waals surface area contributed by atoms with Crippen LogP contribution >= 0.6 is 27.3 Å². The number of thiazole rings is 1. The van der Waals surface area contributed by atoms with Gasteiger partial charge < -0.3 is 5.11 Å². The van der Waals surface area contributed by atoms with E-state index in [0.717, 1.165) is 26.4 Å². The van der Waals surface area contributed by atoms with E-state index in [4.69, 9.17) is 5.11 Å². The van der Waals surface area contributed by atoms with Gasteiger partial charge in [-0.25, -0.2) is 4.98 Å². The molecule has 0 unspecified atom stereocenters. The lowest BCUT2D eigenvalue weighted by Gasteiger charge is -1.97. The first-order valence-electron chi connectivity index (χ1n) is 5.56. The van der Waals surface area contributed by atoms with Gasteiger partial charge in [0.05, 0.1) is 12.1 Å². The van der Waals surface area contributed by atoms with Crippen molar-refractivity contribution in [1.29, 1.82) is 0 Å². The number of halogens is 1. The molecule has 0 aliphatic rings. The molecule has 1 aromatic carbocycles. The summed E-state index contributed by atoms with van der Waals surface area (Å²) in [4.78, 5) is 16.1. The molecule has 0 aliphatic carbocycles. The lowest BCUT2D eigenvalue weighted by Crippen LogP contribution is -2.02. The number of aromatic nitrogens is 2. The molecular formula is C13H9BrN2O2S. The highest BCUT2D eigenvalue weighted by molar-refractivity contribution is 9.10. The minimum Gasteiger partial charge on any atom is -0.481 e. The van der Waals surface area contributed by atoms with E-state index < -0.39 is 5.97 Å². The van der Waals surface area contributed by atoms with Crippen LogP contribution in [0, 0.1) is 0 Å². The number of hydrogen-bond acceptors (Lipinski definition) is 3. The Bertz CT molecular complexity index is 763. The normalized spacial score (nSPS) is 11.0. The van der Waals surface area contributed by atoms with E-state index in [2.05, 4.69) is 20.9 Å². The number of carbonyl (C=O) groups is 1. The second kappa shape index (κ2) is 4.79. The molecule has 0 atom stereocenters. The maximum Gasteiger partial charge on any atom is 0.309 e. The molecule has 19 heavy (non-hydrogen) atoms. The molecular weight excluding hydrogens is 328 g/mol. The van der Waals surface area contributed by atoms with Gasteiger partial charge in [-0.1, -0.05) is 28.1 Å². The number of carboxylic acids is 1. The fraction of sp³-hybridized carbons (Fsp3) is 0.0769. The Hall–Kier alpha value is -1.66. The second-order valence-electron chi connectivity index (χ2n) is 4.09. The van der Waals surface area contributed by atoms with Crippen molar-refractivity contribution >= 4 is 38.2 Å². The van der Waals surface area contributed by atoms with E-state index >= 15 is 0 Å². The highest BCUT2D eigenvalue weighted by atomic mass is 79.9. The van der Waals surface area contributed by atoms with Crippen LogP contribution < -0.4 is 0 Å². The molecule has 0 radical (unpaired) electrons. The molecule has 3 rings (SSSR count). The molecule has 6 heteroatoms. The van der Waals surface area contributed by atoms with Crippen molar-refractivity contribution in [2.24, 2.45) is 0 Å². The average molecular weight is 337 g/mol. The van der Waals surface area contributed by atoms with Crippen molar-refractivity contribution in [1.82, 2.24) is 9.38 Å². The minimum absolute atomic E-state index is 0.00822. The number of nitrogens with zero attached hydrogens (tertiary/aromatic N) is 2. The van der Waals surface area contributed by atoms with Gasteiger partial charge in [-0.05, 0) is 12.1 Å². The van der Waals surface area contributed by atoms with Crippen LogP contribution in [0.15, 0.2) is 40.3 Å². The summed E-state index contributed by atoms with van der Waals surface area (Å²) in [7, 11) is 0. The fourth-order valence-electron chi connectivity index (χ4n) is 1.90. The molecule has 96 valence electrons. The van der Waals surface area contributed by atoms with E-state index in [-0.39, 0.29) is 6.42 Å². The zero-order valence-corrected chi connectivity index (χ0v) is 12.1. The van der Waals surface area contributed by atoms with Crippen LogP contribution in [0.2, 0.25) is 0 Å². The van der Waals surface area contributed by atoms with Crippen molar-refractivity contribution in [3.05, 3.63) is 46.0 Å². The number of hydrogen-bond donors (Lipinski definition) is 1. The zero-order chi connectivity index (χ0) is 13.4. The van der Waals surface area contributed by atoms with Crippen molar-refractivity contribution in [2.45, 2.75) is 6.42 Å². The van der Waals surface area contributed by atoms with Gasteiger partial charge in [0.2, 0.25) is 0 Å². The Kier molecular flexibility index (Phi) is 3.12. The van der Waals surface area contributed by atoms with Crippen molar-refractivity contribution in [3.8, 4) is 11.3 Å². The standard InChI is InChI=1S/C13H9BrN2O2S/c14-9-3-1-2-8(4-9)11-6-16-10(5-12(17)18)7-19-13(16)15-11/h1-4,6-7H,5H2,(H,17,18). The Morgan fingerprint density at radius 1 is 1.47 bits per heavy atom. The smallest absolute Gasteiger partial charge is 0.309 e. The van der Waals surface area contributed by atoms with Crippen LogP contribution in [0.3, 0.4) is 0 Å². The third kappa shape index (κ3) is 2.41. The summed E-state index contributed by atoms with van der Waals surface area (Å²) in [6.45, 7) is 0. The number of imidazole rings is 1. The van der Waals surface area contributed by atoms with Crippen LogP contribution in [-0.4, -0.2) is 20.5 Å².